The number of nitrogens with one attached hydrogen (secondary N) is 1. The zero-order valence-corrected chi connectivity index (χ0v) is 16.3. The summed E-state index contributed by atoms with van der Waals surface area (Å²) in [5, 5.41) is 3.77. The van der Waals surface area contributed by atoms with Crippen LogP contribution in [0.1, 0.15) is 61.8 Å². The van der Waals surface area contributed by atoms with Crippen LogP contribution in [0.25, 0.3) is 0 Å². The number of hydrogen-bond acceptors (Lipinski definition) is 2. The van der Waals surface area contributed by atoms with E-state index >= 15 is 0 Å². The Labute approximate surface area is 167 Å². The molecule has 0 atom stereocenters. The van der Waals surface area contributed by atoms with Gasteiger partial charge in [-0.3, -0.25) is 9.78 Å². The Morgan fingerprint density at radius 1 is 1.21 bits per heavy atom. The number of rotatable bonds is 4. The van der Waals surface area contributed by atoms with Crippen LogP contribution in [-0.2, 0) is 16.5 Å². The van der Waals surface area contributed by atoms with Crippen LogP contribution in [0.5, 0.6) is 0 Å². The lowest BCUT2D eigenvalue weighted by molar-refractivity contribution is -0.141. The molecule has 3 nitrogen and oxygen atoms in total. The number of hydrogen-bond donors (Lipinski definition) is 1. The fourth-order valence-corrected chi connectivity index (χ4v) is 4.04. The average molecular weight is 411 g/mol. The van der Waals surface area contributed by atoms with Crippen LogP contribution in [0.4, 0.5) is 13.2 Å². The van der Waals surface area contributed by atoms with Crippen molar-refractivity contribution in [2.24, 2.45) is 0 Å². The summed E-state index contributed by atoms with van der Waals surface area (Å²) in [5.41, 5.74) is 0.240. The second kappa shape index (κ2) is 8.11. The summed E-state index contributed by atoms with van der Waals surface area (Å²) in [6.45, 7) is 1.80. The number of carbonyl (C=O) groups is 1. The van der Waals surface area contributed by atoms with Gasteiger partial charge in [0.05, 0.1) is 5.54 Å². The molecular weight excluding hydrogens is 389 g/mol. The lowest BCUT2D eigenvalue weighted by Gasteiger charge is -2.41. The third-order valence-corrected chi connectivity index (χ3v) is 5.73. The monoisotopic (exact) mass is 410 g/mol. The molecule has 2 aromatic rings. The highest BCUT2D eigenvalue weighted by Gasteiger charge is 2.39. The van der Waals surface area contributed by atoms with Crippen molar-refractivity contribution in [3.63, 3.8) is 0 Å². The lowest BCUT2D eigenvalue weighted by Crippen LogP contribution is -2.47. The molecule has 0 aliphatic heterocycles. The maximum Gasteiger partial charge on any atom is 0.433 e. The predicted octanol–water partition coefficient (Wildman–Crippen LogP) is 5.83. The van der Waals surface area contributed by atoms with E-state index in [0.29, 0.717) is 42.7 Å². The van der Waals surface area contributed by atoms with Crippen LogP contribution in [0.15, 0.2) is 42.6 Å². The molecule has 0 radical (unpaired) electrons. The largest absolute Gasteiger partial charge is 0.433 e. The quantitative estimate of drug-likeness (QED) is 0.688. The van der Waals surface area contributed by atoms with Crippen molar-refractivity contribution in [1.29, 1.82) is 0 Å². The number of halogens is 4. The molecule has 1 heterocycles. The van der Waals surface area contributed by atoms with Crippen LogP contribution < -0.4 is 5.32 Å². The first kappa shape index (κ1) is 20.6. The van der Waals surface area contributed by atoms with Gasteiger partial charge in [0.15, 0.2) is 0 Å². The van der Waals surface area contributed by atoms with Gasteiger partial charge in [0.25, 0.3) is 0 Å². The molecule has 1 aromatic carbocycles. The molecular formula is C21H22ClF3N2O. The van der Waals surface area contributed by atoms with E-state index in [0.717, 1.165) is 11.6 Å². The molecule has 28 heavy (non-hydrogen) atoms. The van der Waals surface area contributed by atoms with Gasteiger partial charge < -0.3 is 5.32 Å². The minimum atomic E-state index is -4.45. The van der Waals surface area contributed by atoms with Gasteiger partial charge in [-0.25, -0.2) is 0 Å². The molecule has 1 amide bonds. The minimum absolute atomic E-state index is 0.00283. The maximum absolute atomic E-state index is 13.0. The summed E-state index contributed by atoms with van der Waals surface area (Å²) in [6, 6.07) is 10.2. The Bertz CT molecular complexity index is 828. The van der Waals surface area contributed by atoms with Crippen molar-refractivity contribution >= 4 is 17.5 Å². The van der Waals surface area contributed by atoms with E-state index < -0.39 is 17.4 Å². The van der Waals surface area contributed by atoms with Crippen molar-refractivity contribution in [2.75, 3.05) is 0 Å². The topological polar surface area (TPSA) is 42.0 Å². The van der Waals surface area contributed by atoms with Gasteiger partial charge in [0.1, 0.15) is 5.69 Å². The van der Waals surface area contributed by atoms with Crippen LogP contribution in [0.2, 0.25) is 5.02 Å². The van der Waals surface area contributed by atoms with Crippen molar-refractivity contribution in [3.05, 3.63) is 64.4 Å². The second-order valence-electron chi connectivity index (χ2n) is 7.24. The Balaban J connectivity index is 1.83. The number of pyridine rings is 1. The summed E-state index contributed by atoms with van der Waals surface area (Å²) >= 11 is 6.00. The molecule has 1 aliphatic rings. The number of carbonyl (C=O) groups excluding carboxylic acids is 1. The molecule has 1 saturated carbocycles. The fraction of sp³-hybridized carbons (Fsp3) is 0.429. The summed E-state index contributed by atoms with van der Waals surface area (Å²) < 4.78 is 38.9. The van der Waals surface area contributed by atoms with Gasteiger partial charge in [-0.2, -0.15) is 13.2 Å². The highest BCUT2D eigenvalue weighted by Crippen LogP contribution is 2.44. The van der Waals surface area contributed by atoms with E-state index in [-0.39, 0.29) is 11.8 Å². The van der Waals surface area contributed by atoms with Gasteiger partial charge in [-0.1, -0.05) is 30.7 Å². The molecule has 1 fully saturated rings. The maximum atomic E-state index is 13.0. The minimum Gasteiger partial charge on any atom is -0.347 e. The van der Waals surface area contributed by atoms with Crippen molar-refractivity contribution < 1.29 is 18.0 Å². The van der Waals surface area contributed by atoms with E-state index in [1.54, 1.807) is 25.1 Å². The number of benzene rings is 1. The summed E-state index contributed by atoms with van der Waals surface area (Å²) in [4.78, 5) is 15.6. The lowest BCUT2D eigenvalue weighted by atomic mass is 9.71. The van der Waals surface area contributed by atoms with E-state index in [1.165, 1.54) is 6.20 Å². The number of amides is 1. The summed E-state index contributed by atoms with van der Waals surface area (Å²) in [6.07, 6.45) is -0.214. The van der Waals surface area contributed by atoms with Crippen LogP contribution in [0, 0.1) is 0 Å². The third-order valence-electron chi connectivity index (χ3n) is 5.48. The van der Waals surface area contributed by atoms with Gasteiger partial charge in [0.2, 0.25) is 5.91 Å². The number of alkyl halides is 3. The van der Waals surface area contributed by atoms with Crippen LogP contribution >= 0.6 is 11.6 Å². The van der Waals surface area contributed by atoms with Gasteiger partial charge in [0, 0.05) is 17.6 Å². The molecule has 0 unspecified atom stereocenters. The first-order valence-electron chi connectivity index (χ1n) is 9.34. The standard InChI is InChI=1S/C21H22ClF3N2O/c1-2-19(28)27-20(16-3-5-17(22)6-4-16)10-7-14(8-11-20)15-9-12-26-18(13-15)21(23,24)25/h3-6,9,12-14H,2,7-8,10-11H2,1H3,(H,27,28). The van der Waals surface area contributed by atoms with Crippen LogP contribution in [-0.4, -0.2) is 10.9 Å². The molecule has 3 rings (SSSR count). The SMILES string of the molecule is CCC(=O)NC1(c2ccc(Cl)cc2)CCC(c2ccnc(C(F)(F)F)c2)CC1. The first-order chi connectivity index (χ1) is 13.2. The number of nitrogens with zero attached hydrogens (tertiary/aromatic N) is 1. The van der Waals surface area contributed by atoms with E-state index in [1.807, 2.05) is 12.1 Å². The summed E-state index contributed by atoms with van der Waals surface area (Å²) in [7, 11) is 0. The Kier molecular flexibility index (Phi) is 5.98. The van der Waals surface area contributed by atoms with E-state index in [4.69, 9.17) is 11.6 Å². The predicted molar refractivity (Wildman–Crippen MR) is 102 cm³/mol. The molecule has 1 aliphatic carbocycles. The van der Waals surface area contributed by atoms with Gasteiger partial charge in [-0.05, 0) is 67.0 Å². The molecule has 1 aromatic heterocycles. The number of aromatic nitrogens is 1. The first-order valence-corrected chi connectivity index (χ1v) is 9.71. The Morgan fingerprint density at radius 3 is 2.43 bits per heavy atom. The highest BCUT2D eigenvalue weighted by molar-refractivity contribution is 6.30. The van der Waals surface area contributed by atoms with E-state index in [2.05, 4.69) is 10.3 Å². The normalized spacial score (nSPS) is 22.7. The average Bonchev–Trinajstić information content (AvgIpc) is 2.68. The molecule has 7 heteroatoms. The fourth-order valence-electron chi connectivity index (χ4n) is 3.91. The zero-order chi connectivity index (χ0) is 20.4. The molecule has 0 spiro atoms. The van der Waals surface area contributed by atoms with Gasteiger partial charge >= 0.3 is 6.18 Å². The van der Waals surface area contributed by atoms with Gasteiger partial charge in [-0.15, -0.1) is 0 Å². The molecule has 0 saturated heterocycles. The third kappa shape index (κ3) is 4.49. The Morgan fingerprint density at radius 2 is 1.86 bits per heavy atom. The second-order valence-corrected chi connectivity index (χ2v) is 7.67. The molecule has 1 N–H and O–H groups in total. The van der Waals surface area contributed by atoms with Crippen molar-refractivity contribution in [2.45, 2.75) is 56.7 Å². The summed E-state index contributed by atoms with van der Waals surface area (Å²) in [5.74, 6) is -0.0419. The van der Waals surface area contributed by atoms with Crippen molar-refractivity contribution in [3.8, 4) is 0 Å². The van der Waals surface area contributed by atoms with Crippen molar-refractivity contribution in [1.82, 2.24) is 10.3 Å². The van der Waals surface area contributed by atoms with Crippen LogP contribution in [0.3, 0.4) is 0 Å². The molecule has 0 bridgehead atoms. The smallest absolute Gasteiger partial charge is 0.347 e. The zero-order valence-electron chi connectivity index (χ0n) is 15.5. The highest BCUT2D eigenvalue weighted by atomic mass is 35.5. The van der Waals surface area contributed by atoms with E-state index in [9.17, 15) is 18.0 Å². The Hall–Kier alpha value is -2.08. The molecule has 150 valence electrons.